The molecule has 1 aliphatic heterocycles. The fourth-order valence-electron chi connectivity index (χ4n) is 9.18. The summed E-state index contributed by atoms with van der Waals surface area (Å²) in [6.45, 7) is -0.0535. The van der Waals surface area contributed by atoms with Crippen LogP contribution in [0.15, 0.2) is 200 Å². The molecule has 0 saturated heterocycles. The SMILES string of the molecule is c1ccc(B2c3ccccc3-c3ccccc3N2c2cccc(-c3nc(-n4c5ccccc5c5ccccc54)nc(-n4c5ccccc5c5ccccc54)n3)c2)cc1. The molecule has 0 spiro atoms. The number of para-hydroxylation sites is 5. The van der Waals surface area contributed by atoms with Gasteiger partial charge >= 0.3 is 6.85 Å². The molecule has 4 heterocycles. The predicted molar refractivity (Wildman–Crippen MR) is 239 cm³/mol. The van der Waals surface area contributed by atoms with Gasteiger partial charge in [-0.15, -0.1) is 0 Å². The highest BCUT2D eigenvalue weighted by atomic mass is 15.3. The Morgan fingerprint density at radius 3 is 1.45 bits per heavy atom. The van der Waals surface area contributed by atoms with Gasteiger partial charge in [-0.1, -0.05) is 163 Å². The zero-order chi connectivity index (χ0) is 38.2. The van der Waals surface area contributed by atoms with Crippen LogP contribution >= 0.6 is 0 Å². The molecule has 0 radical (unpaired) electrons. The Morgan fingerprint density at radius 2 is 0.862 bits per heavy atom. The van der Waals surface area contributed by atoms with Crippen molar-refractivity contribution >= 4 is 72.8 Å². The molecule has 270 valence electrons. The zero-order valence-electron chi connectivity index (χ0n) is 31.3. The summed E-state index contributed by atoms with van der Waals surface area (Å²) < 4.78 is 4.36. The minimum absolute atomic E-state index is 0.0535. The second-order valence-electron chi connectivity index (χ2n) is 14.8. The average molecular weight is 741 g/mol. The van der Waals surface area contributed by atoms with Crippen LogP contribution in [-0.4, -0.2) is 30.9 Å². The van der Waals surface area contributed by atoms with Crippen LogP contribution in [0.1, 0.15) is 0 Å². The summed E-state index contributed by atoms with van der Waals surface area (Å²) in [4.78, 5) is 18.6. The summed E-state index contributed by atoms with van der Waals surface area (Å²) in [6.07, 6.45) is 0. The molecule has 8 aromatic carbocycles. The van der Waals surface area contributed by atoms with E-state index in [2.05, 4.69) is 214 Å². The third-order valence-corrected chi connectivity index (χ3v) is 11.6. The number of hydrogen-bond acceptors (Lipinski definition) is 4. The normalized spacial score (nSPS) is 12.4. The molecule has 58 heavy (non-hydrogen) atoms. The lowest BCUT2D eigenvalue weighted by atomic mass is 9.46. The van der Waals surface area contributed by atoms with E-state index >= 15 is 0 Å². The van der Waals surface area contributed by atoms with Crippen LogP contribution in [-0.2, 0) is 0 Å². The third kappa shape index (κ3) is 4.90. The molecule has 0 N–H and O–H groups in total. The standard InChI is InChI=1S/C51H33BN6/c1-2-18-35(19-3-1)52-43-27-10-4-21-37(43)38-22-9-15-32-48(38)58(52)36-20-16-17-34(33-36)49-53-50(56-44-28-11-5-23-39(44)40-24-6-12-29-45(40)56)55-51(54-49)57-46-30-13-7-25-41(46)42-26-8-14-31-47(42)57/h1-33H. The van der Waals surface area contributed by atoms with Crippen molar-refractivity contribution in [3.8, 4) is 34.4 Å². The molecule has 0 bridgehead atoms. The topological polar surface area (TPSA) is 51.8 Å². The average Bonchev–Trinajstić information content (AvgIpc) is 3.82. The number of aromatic nitrogens is 5. The van der Waals surface area contributed by atoms with Gasteiger partial charge in [-0.2, -0.15) is 15.0 Å². The van der Waals surface area contributed by atoms with Gasteiger partial charge in [0.15, 0.2) is 5.82 Å². The van der Waals surface area contributed by atoms with E-state index in [1.807, 2.05) is 0 Å². The molecule has 12 rings (SSSR count). The van der Waals surface area contributed by atoms with E-state index in [1.54, 1.807) is 0 Å². The second-order valence-corrected chi connectivity index (χ2v) is 14.8. The molecule has 6 nitrogen and oxygen atoms in total. The zero-order valence-corrected chi connectivity index (χ0v) is 31.3. The van der Waals surface area contributed by atoms with E-state index in [-0.39, 0.29) is 6.85 Å². The summed E-state index contributed by atoms with van der Waals surface area (Å²) in [5, 5.41) is 4.60. The first-order valence-electron chi connectivity index (χ1n) is 19.7. The molecule has 7 heteroatoms. The van der Waals surface area contributed by atoms with Crippen molar-refractivity contribution in [2.24, 2.45) is 0 Å². The van der Waals surface area contributed by atoms with Gasteiger partial charge in [-0.25, -0.2) is 0 Å². The van der Waals surface area contributed by atoms with E-state index in [0.29, 0.717) is 17.7 Å². The number of rotatable bonds is 5. The van der Waals surface area contributed by atoms with Crippen LogP contribution in [0.5, 0.6) is 0 Å². The van der Waals surface area contributed by atoms with Crippen LogP contribution < -0.4 is 15.7 Å². The van der Waals surface area contributed by atoms with Crippen LogP contribution in [0.4, 0.5) is 11.4 Å². The minimum Gasteiger partial charge on any atom is -0.376 e. The van der Waals surface area contributed by atoms with Gasteiger partial charge in [0.25, 0.3) is 0 Å². The lowest BCUT2D eigenvalue weighted by molar-refractivity contribution is 0.893. The maximum atomic E-state index is 5.37. The van der Waals surface area contributed by atoms with Gasteiger partial charge in [0.05, 0.1) is 22.1 Å². The number of fused-ring (bicyclic) bond motifs is 9. The van der Waals surface area contributed by atoms with Gasteiger partial charge in [-0.05, 0) is 53.5 Å². The van der Waals surface area contributed by atoms with Gasteiger partial charge < -0.3 is 4.81 Å². The molecule has 3 aromatic heterocycles. The number of benzene rings is 8. The Balaban J connectivity index is 1.12. The van der Waals surface area contributed by atoms with Crippen LogP contribution in [0.25, 0.3) is 78.0 Å². The molecule has 0 fully saturated rings. The molecule has 1 aliphatic rings. The Labute approximate surface area is 335 Å². The summed E-state index contributed by atoms with van der Waals surface area (Å²) in [7, 11) is 0. The Kier molecular flexibility index (Phi) is 7.22. The Morgan fingerprint density at radius 1 is 0.379 bits per heavy atom. The molecule has 0 saturated carbocycles. The second kappa shape index (κ2) is 12.9. The highest BCUT2D eigenvalue weighted by Crippen LogP contribution is 2.41. The summed E-state index contributed by atoms with van der Waals surface area (Å²) in [5.74, 6) is 1.71. The van der Waals surface area contributed by atoms with E-state index in [0.717, 1.165) is 60.5 Å². The summed E-state index contributed by atoms with van der Waals surface area (Å²) >= 11 is 0. The van der Waals surface area contributed by atoms with Crippen molar-refractivity contribution in [2.45, 2.75) is 0 Å². The first kappa shape index (κ1) is 32.5. The monoisotopic (exact) mass is 740 g/mol. The largest absolute Gasteiger partial charge is 0.376 e. The fraction of sp³-hybridized carbons (Fsp3) is 0. The first-order valence-corrected chi connectivity index (χ1v) is 19.7. The summed E-state index contributed by atoms with van der Waals surface area (Å²) in [6, 6.07) is 71.0. The van der Waals surface area contributed by atoms with Crippen molar-refractivity contribution in [2.75, 3.05) is 4.81 Å². The number of hydrogen-bond donors (Lipinski definition) is 0. The quantitative estimate of drug-likeness (QED) is 0.165. The van der Waals surface area contributed by atoms with Crippen molar-refractivity contribution in [1.29, 1.82) is 0 Å². The molecule has 0 aliphatic carbocycles. The van der Waals surface area contributed by atoms with Crippen LogP contribution in [0, 0.1) is 0 Å². The molecule has 0 unspecified atom stereocenters. The number of anilines is 2. The lowest BCUT2D eigenvalue weighted by Crippen LogP contribution is -2.57. The van der Waals surface area contributed by atoms with E-state index in [1.165, 1.54) is 22.1 Å². The predicted octanol–water partition coefficient (Wildman–Crippen LogP) is 10.7. The van der Waals surface area contributed by atoms with Gasteiger partial charge in [-0.3, -0.25) is 9.13 Å². The minimum atomic E-state index is -0.0535. The Bertz CT molecular complexity index is 3150. The van der Waals surface area contributed by atoms with E-state index in [4.69, 9.17) is 15.0 Å². The van der Waals surface area contributed by atoms with E-state index in [9.17, 15) is 0 Å². The lowest BCUT2D eigenvalue weighted by Gasteiger charge is -2.39. The summed E-state index contributed by atoms with van der Waals surface area (Å²) in [5.41, 5.74) is 12.2. The highest BCUT2D eigenvalue weighted by Gasteiger charge is 2.37. The van der Waals surface area contributed by atoms with Crippen molar-refractivity contribution < 1.29 is 0 Å². The molecular weight excluding hydrogens is 707 g/mol. The van der Waals surface area contributed by atoms with Crippen LogP contribution in [0.3, 0.4) is 0 Å². The fourth-order valence-corrected chi connectivity index (χ4v) is 9.18. The molecular formula is C51H33BN6. The Hall–Kier alpha value is -7.77. The number of nitrogens with zero attached hydrogens (tertiary/aromatic N) is 6. The highest BCUT2D eigenvalue weighted by molar-refractivity contribution is 6.90. The van der Waals surface area contributed by atoms with Crippen molar-refractivity contribution in [3.05, 3.63) is 200 Å². The van der Waals surface area contributed by atoms with Crippen molar-refractivity contribution in [3.63, 3.8) is 0 Å². The van der Waals surface area contributed by atoms with Crippen molar-refractivity contribution in [1.82, 2.24) is 24.1 Å². The molecule has 0 atom stereocenters. The maximum absolute atomic E-state index is 5.37. The first-order chi connectivity index (χ1) is 28.8. The van der Waals surface area contributed by atoms with Crippen LogP contribution in [0.2, 0.25) is 0 Å². The van der Waals surface area contributed by atoms with Gasteiger partial charge in [0, 0.05) is 44.0 Å². The van der Waals surface area contributed by atoms with E-state index < -0.39 is 0 Å². The maximum Gasteiger partial charge on any atom is 0.328 e. The van der Waals surface area contributed by atoms with Gasteiger partial charge in [0.1, 0.15) is 0 Å². The molecule has 11 aromatic rings. The third-order valence-electron chi connectivity index (χ3n) is 11.6. The van der Waals surface area contributed by atoms with Gasteiger partial charge in [0.2, 0.25) is 11.9 Å². The smallest absolute Gasteiger partial charge is 0.328 e. The molecule has 0 amide bonds.